The molecule has 0 aliphatic carbocycles. The highest BCUT2D eigenvalue weighted by Crippen LogP contribution is 2.47. The van der Waals surface area contributed by atoms with Gasteiger partial charge in [0.2, 0.25) is 5.88 Å². The van der Waals surface area contributed by atoms with Crippen molar-refractivity contribution in [2.75, 3.05) is 0 Å². The molecular formula is C46H41N3O3S. The lowest BCUT2D eigenvalue weighted by Crippen LogP contribution is -2.12. The molecule has 0 amide bonds. The number of para-hydroxylation sites is 3. The predicted octanol–water partition coefficient (Wildman–Crippen LogP) is 13.3. The fourth-order valence-electron chi connectivity index (χ4n) is 7.59. The van der Waals surface area contributed by atoms with Gasteiger partial charge >= 0.3 is 0 Å². The van der Waals surface area contributed by atoms with Crippen LogP contribution in [0.15, 0.2) is 108 Å². The second-order valence-electron chi connectivity index (χ2n) is 15.6. The summed E-state index contributed by atoms with van der Waals surface area (Å²) in [6.07, 6.45) is 0. The van der Waals surface area contributed by atoms with E-state index in [9.17, 15) is 5.11 Å². The molecule has 0 saturated heterocycles. The van der Waals surface area contributed by atoms with Crippen LogP contribution < -0.4 is 4.74 Å². The summed E-state index contributed by atoms with van der Waals surface area (Å²) in [7, 11) is 0. The Hall–Kier alpha value is -5.66. The minimum atomic E-state index is -0.168. The van der Waals surface area contributed by atoms with Crippen molar-refractivity contribution in [3.8, 4) is 45.7 Å². The highest BCUT2D eigenvalue weighted by Gasteiger charge is 2.26. The number of nitrogens with zero attached hydrogens (tertiary/aromatic N) is 3. The Bertz CT molecular complexity index is 2800. The van der Waals surface area contributed by atoms with Gasteiger partial charge in [-0.1, -0.05) is 90.9 Å². The molecule has 4 aromatic heterocycles. The number of phenolic OH excluding ortho intramolecular Hbond substituents is 1. The van der Waals surface area contributed by atoms with Crippen LogP contribution in [0.2, 0.25) is 0 Å². The zero-order chi connectivity index (χ0) is 36.8. The van der Waals surface area contributed by atoms with Crippen LogP contribution in [0.4, 0.5) is 0 Å². The summed E-state index contributed by atoms with van der Waals surface area (Å²) < 4.78 is 17.6. The van der Waals surface area contributed by atoms with Gasteiger partial charge in [-0.05, 0) is 88.5 Å². The van der Waals surface area contributed by atoms with Crippen molar-refractivity contribution in [2.45, 2.75) is 65.7 Å². The van der Waals surface area contributed by atoms with E-state index in [-0.39, 0.29) is 23.0 Å². The highest BCUT2D eigenvalue weighted by molar-refractivity contribution is 7.26. The number of benzene rings is 5. The van der Waals surface area contributed by atoms with Crippen molar-refractivity contribution in [1.82, 2.24) is 14.5 Å². The van der Waals surface area contributed by atoms with Crippen molar-refractivity contribution < 1.29 is 14.3 Å². The summed E-state index contributed by atoms with van der Waals surface area (Å²) in [5.74, 6) is 2.42. The number of ether oxygens (including phenoxy) is 1. The molecule has 0 fully saturated rings. The Morgan fingerprint density at radius 3 is 2.19 bits per heavy atom. The summed E-state index contributed by atoms with van der Waals surface area (Å²) in [5.41, 5.74) is 10.4. The quantitative estimate of drug-likeness (QED) is 0.178. The third-order valence-electron chi connectivity index (χ3n) is 10.3. The lowest BCUT2D eigenvalue weighted by atomic mass is 9.86. The number of hydrogen-bond donors (Lipinski definition) is 1. The molecular weight excluding hydrogens is 675 g/mol. The third-order valence-corrected chi connectivity index (χ3v) is 11.5. The lowest BCUT2D eigenvalue weighted by Gasteiger charge is -2.22. The van der Waals surface area contributed by atoms with Crippen molar-refractivity contribution in [3.63, 3.8) is 0 Å². The summed E-state index contributed by atoms with van der Waals surface area (Å²) in [6, 6.07) is 34.7. The first-order valence-corrected chi connectivity index (χ1v) is 19.1. The average molecular weight is 716 g/mol. The second kappa shape index (κ2) is 12.2. The molecule has 4 heterocycles. The topological polar surface area (TPSA) is 73.3 Å². The van der Waals surface area contributed by atoms with E-state index in [1.54, 1.807) is 17.4 Å². The average Bonchev–Trinajstić information content (AvgIpc) is 3.84. The Morgan fingerprint density at radius 1 is 0.736 bits per heavy atom. The first-order valence-electron chi connectivity index (χ1n) is 18.3. The number of imidazole rings is 1. The number of aromatic hydroxyl groups is 1. The third kappa shape index (κ3) is 5.36. The standard InChI is InChI=1S/C46H41N3O3S/c1-25(2)28-14-10-15-29(26(3)4)43(28)49-33-16-11-19-37(42(33)48-45(49)31-13-8-9-17-34(31)50)52-39-24-27(46(5,6)7)23-32(47-39)30-21-22-36-41-40-35(51-36)18-12-20-38(40)53-44(30)41/h8-26,50H,1-7H3. The number of rotatable bonds is 7. The number of hydrogen-bond acceptors (Lipinski definition) is 6. The normalized spacial score (nSPS) is 12.5. The molecule has 264 valence electrons. The van der Waals surface area contributed by atoms with Crippen LogP contribution in [-0.2, 0) is 5.41 Å². The fourth-order valence-corrected chi connectivity index (χ4v) is 8.85. The Balaban J connectivity index is 1.26. The number of fused-ring (bicyclic) bond motifs is 1. The molecule has 53 heavy (non-hydrogen) atoms. The number of furan rings is 1. The molecule has 6 nitrogen and oxygen atoms in total. The van der Waals surface area contributed by atoms with E-state index in [1.165, 1.54) is 21.2 Å². The number of pyridine rings is 1. The molecule has 0 saturated carbocycles. The van der Waals surface area contributed by atoms with Gasteiger partial charge in [-0.15, -0.1) is 11.3 Å². The molecule has 9 aromatic rings. The van der Waals surface area contributed by atoms with Crippen molar-refractivity contribution in [3.05, 3.63) is 120 Å². The van der Waals surface area contributed by atoms with Gasteiger partial charge in [-0.25, -0.2) is 9.97 Å². The molecule has 0 aliphatic heterocycles. The Kier molecular flexibility index (Phi) is 7.65. The molecule has 5 aromatic carbocycles. The van der Waals surface area contributed by atoms with Crippen molar-refractivity contribution >= 4 is 53.7 Å². The maximum atomic E-state index is 11.2. The van der Waals surface area contributed by atoms with E-state index in [4.69, 9.17) is 19.1 Å². The Labute approximate surface area is 312 Å². The van der Waals surface area contributed by atoms with Gasteiger partial charge in [-0.2, -0.15) is 0 Å². The maximum absolute atomic E-state index is 11.2. The smallest absolute Gasteiger partial charge is 0.220 e. The molecule has 0 spiro atoms. The molecule has 0 unspecified atom stereocenters. The van der Waals surface area contributed by atoms with Crippen LogP contribution in [-0.4, -0.2) is 19.6 Å². The minimum absolute atomic E-state index is 0.168. The van der Waals surface area contributed by atoms with Gasteiger partial charge in [0.25, 0.3) is 0 Å². The van der Waals surface area contributed by atoms with Gasteiger partial charge < -0.3 is 14.3 Å². The number of thiophene rings is 1. The SMILES string of the molecule is CC(C)c1cccc(C(C)C)c1-n1c(-c2ccccc2O)nc2c(Oc3cc(C(C)(C)C)cc(-c4ccc5oc6cccc7sc4c5c67)n3)cccc21. The first kappa shape index (κ1) is 33.2. The van der Waals surface area contributed by atoms with E-state index >= 15 is 0 Å². The highest BCUT2D eigenvalue weighted by atomic mass is 32.1. The van der Waals surface area contributed by atoms with Gasteiger partial charge in [0.05, 0.1) is 22.5 Å². The van der Waals surface area contributed by atoms with Gasteiger partial charge in [-0.3, -0.25) is 4.57 Å². The van der Waals surface area contributed by atoms with Crippen LogP contribution in [0.1, 0.15) is 77.0 Å². The minimum Gasteiger partial charge on any atom is -0.507 e. The van der Waals surface area contributed by atoms with Gasteiger partial charge in [0, 0.05) is 31.8 Å². The lowest BCUT2D eigenvalue weighted by molar-refractivity contribution is 0.463. The molecule has 0 aliphatic rings. The summed E-state index contributed by atoms with van der Waals surface area (Å²) in [4.78, 5) is 10.5. The molecule has 9 rings (SSSR count). The van der Waals surface area contributed by atoms with E-state index in [2.05, 4.69) is 108 Å². The summed E-state index contributed by atoms with van der Waals surface area (Å²) in [6.45, 7) is 15.5. The van der Waals surface area contributed by atoms with Crippen LogP contribution in [0.25, 0.3) is 70.7 Å². The van der Waals surface area contributed by atoms with Crippen LogP contribution in [0.5, 0.6) is 17.4 Å². The monoisotopic (exact) mass is 715 g/mol. The first-order chi connectivity index (χ1) is 25.5. The van der Waals surface area contributed by atoms with Crippen molar-refractivity contribution in [2.24, 2.45) is 0 Å². The summed E-state index contributed by atoms with van der Waals surface area (Å²) >= 11 is 1.78. The fraction of sp³-hybridized carbons (Fsp3) is 0.217. The molecule has 0 radical (unpaired) electrons. The van der Waals surface area contributed by atoms with Gasteiger partial charge in [0.15, 0.2) is 5.75 Å². The van der Waals surface area contributed by atoms with E-state index < -0.39 is 0 Å². The van der Waals surface area contributed by atoms with Crippen LogP contribution in [0.3, 0.4) is 0 Å². The van der Waals surface area contributed by atoms with Crippen LogP contribution in [0, 0.1) is 0 Å². The second-order valence-corrected chi connectivity index (χ2v) is 16.6. The number of aromatic nitrogens is 3. The van der Waals surface area contributed by atoms with Crippen LogP contribution >= 0.6 is 11.3 Å². The molecule has 0 atom stereocenters. The molecule has 7 heteroatoms. The maximum Gasteiger partial charge on any atom is 0.220 e. The van der Waals surface area contributed by atoms with E-state index in [0.717, 1.165) is 49.3 Å². The number of phenols is 1. The predicted molar refractivity (Wildman–Crippen MR) is 219 cm³/mol. The summed E-state index contributed by atoms with van der Waals surface area (Å²) in [5, 5.41) is 13.5. The van der Waals surface area contributed by atoms with Crippen molar-refractivity contribution in [1.29, 1.82) is 0 Å². The Morgan fingerprint density at radius 2 is 1.45 bits per heavy atom. The van der Waals surface area contributed by atoms with E-state index in [0.29, 0.717) is 28.5 Å². The molecule has 1 N–H and O–H groups in total. The largest absolute Gasteiger partial charge is 0.507 e. The zero-order valence-corrected chi connectivity index (χ0v) is 31.8. The van der Waals surface area contributed by atoms with Gasteiger partial charge in [0.1, 0.15) is 28.3 Å². The zero-order valence-electron chi connectivity index (χ0n) is 31.0. The van der Waals surface area contributed by atoms with E-state index in [1.807, 2.05) is 42.5 Å². The molecule has 0 bridgehead atoms.